The summed E-state index contributed by atoms with van der Waals surface area (Å²) >= 11 is 3.40. The minimum absolute atomic E-state index is 0.0516. The third-order valence-electron chi connectivity index (χ3n) is 3.34. The standard InChI is InChI=1S/C13H17BBrNO4/c15-11-1-3-12(4-2-11)17-10-13-9-16-5-7-18-14(20-13)19-8-6-16/h1-4,13H,5-10H2/t13-/m0/s1. The number of benzene rings is 1. The lowest BCUT2D eigenvalue weighted by Gasteiger charge is -2.34. The molecule has 0 unspecified atom stereocenters. The number of hydrogen-bond donors (Lipinski definition) is 0. The lowest BCUT2D eigenvalue weighted by Crippen LogP contribution is -2.51. The van der Waals surface area contributed by atoms with Crippen molar-refractivity contribution in [3.63, 3.8) is 0 Å². The van der Waals surface area contributed by atoms with Gasteiger partial charge in [0.1, 0.15) is 12.4 Å². The Morgan fingerprint density at radius 1 is 1.20 bits per heavy atom. The highest BCUT2D eigenvalue weighted by Crippen LogP contribution is 2.17. The quantitative estimate of drug-likeness (QED) is 0.780. The van der Waals surface area contributed by atoms with Crippen LogP contribution in [0.1, 0.15) is 0 Å². The van der Waals surface area contributed by atoms with Gasteiger partial charge in [0.2, 0.25) is 0 Å². The summed E-state index contributed by atoms with van der Waals surface area (Å²) in [6.45, 7) is 4.45. The van der Waals surface area contributed by atoms with Crippen LogP contribution < -0.4 is 4.74 Å². The fourth-order valence-electron chi connectivity index (χ4n) is 2.28. The number of ether oxygens (including phenoxy) is 1. The summed E-state index contributed by atoms with van der Waals surface area (Å²) in [6.07, 6.45) is -0.0516. The van der Waals surface area contributed by atoms with E-state index >= 15 is 0 Å². The molecule has 0 radical (unpaired) electrons. The molecule has 1 aromatic rings. The number of nitrogens with zero attached hydrogens (tertiary/aromatic N) is 1. The van der Waals surface area contributed by atoms with Gasteiger partial charge in [0.15, 0.2) is 0 Å². The predicted octanol–water partition coefficient (Wildman–Crippen LogP) is 1.56. The maximum Gasteiger partial charge on any atom is 0.639 e. The summed E-state index contributed by atoms with van der Waals surface area (Å²) in [6, 6.07) is 7.78. The Balaban J connectivity index is 1.57. The molecule has 5 nitrogen and oxygen atoms in total. The second kappa shape index (κ2) is 6.91. The van der Waals surface area contributed by atoms with Gasteiger partial charge in [0, 0.05) is 37.3 Å². The highest BCUT2D eigenvalue weighted by molar-refractivity contribution is 9.10. The zero-order valence-corrected chi connectivity index (χ0v) is 12.8. The van der Waals surface area contributed by atoms with Crippen LogP contribution in [0.4, 0.5) is 0 Å². The zero-order chi connectivity index (χ0) is 13.8. The molecule has 0 N–H and O–H groups in total. The molecule has 3 fully saturated rings. The second-order valence-electron chi connectivity index (χ2n) is 4.85. The first kappa shape index (κ1) is 14.3. The maximum atomic E-state index is 5.79. The summed E-state index contributed by atoms with van der Waals surface area (Å²) in [5.74, 6) is 0.834. The Kier molecular flexibility index (Phi) is 4.96. The Labute approximate surface area is 127 Å². The molecule has 0 aliphatic carbocycles. The van der Waals surface area contributed by atoms with E-state index in [0.717, 1.165) is 29.9 Å². The number of fused-ring (bicyclic) bond motifs is 6. The molecular formula is C13H17BBrNO4. The van der Waals surface area contributed by atoms with Crippen LogP contribution in [-0.4, -0.2) is 57.8 Å². The van der Waals surface area contributed by atoms with Crippen LogP contribution in [0.25, 0.3) is 0 Å². The van der Waals surface area contributed by atoms with E-state index in [4.69, 9.17) is 18.7 Å². The van der Waals surface area contributed by atoms with Gasteiger partial charge in [-0.05, 0) is 24.3 Å². The van der Waals surface area contributed by atoms with Crippen molar-refractivity contribution in [2.24, 2.45) is 0 Å². The molecule has 3 aliphatic heterocycles. The van der Waals surface area contributed by atoms with E-state index < -0.39 is 7.32 Å². The average molecular weight is 342 g/mol. The van der Waals surface area contributed by atoms with Gasteiger partial charge in [0.25, 0.3) is 0 Å². The van der Waals surface area contributed by atoms with Crippen LogP contribution in [0.5, 0.6) is 5.75 Å². The Hall–Kier alpha value is -0.595. The van der Waals surface area contributed by atoms with Crippen molar-refractivity contribution in [2.75, 3.05) is 39.5 Å². The molecule has 0 amide bonds. The number of hydrogen-bond acceptors (Lipinski definition) is 5. The van der Waals surface area contributed by atoms with Crippen LogP contribution in [0.3, 0.4) is 0 Å². The second-order valence-corrected chi connectivity index (χ2v) is 5.77. The van der Waals surface area contributed by atoms with E-state index in [9.17, 15) is 0 Å². The first-order valence-electron chi connectivity index (χ1n) is 6.79. The fraction of sp³-hybridized carbons (Fsp3) is 0.538. The Morgan fingerprint density at radius 3 is 2.60 bits per heavy atom. The van der Waals surface area contributed by atoms with Crippen molar-refractivity contribution in [1.29, 1.82) is 0 Å². The first-order valence-corrected chi connectivity index (χ1v) is 7.58. The Morgan fingerprint density at radius 2 is 1.90 bits per heavy atom. The van der Waals surface area contributed by atoms with E-state index in [0.29, 0.717) is 19.8 Å². The molecule has 3 saturated heterocycles. The highest BCUT2D eigenvalue weighted by atomic mass is 79.9. The summed E-state index contributed by atoms with van der Waals surface area (Å²) in [5.41, 5.74) is 0. The number of rotatable bonds is 3. The fourth-order valence-corrected chi connectivity index (χ4v) is 2.54. The van der Waals surface area contributed by atoms with Gasteiger partial charge >= 0.3 is 7.32 Å². The summed E-state index contributed by atoms with van der Waals surface area (Å²) in [4.78, 5) is 2.28. The van der Waals surface area contributed by atoms with Gasteiger partial charge in [-0.3, -0.25) is 4.90 Å². The molecule has 7 heteroatoms. The lowest BCUT2D eigenvalue weighted by atomic mass is 10.1. The molecule has 4 rings (SSSR count). The van der Waals surface area contributed by atoms with Gasteiger partial charge < -0.3 is 18.7 Å². The molecule has 0 saturated carbocycles. The smallest absolute Gasteiger partial charge is 0.491 e. The van der Waals surface area contributed by atoms with Crippen molar-refractivity contribution >= 4 is 23.3 Å². The molecule has 0 aromatic heterocycles. The summed E-state index contributed by atoms with van der Waals surface area (Å²) in [5, 5.41) is 0. The van der Waals surface area contributed by atoms with E-state index in [1.54, 1.807) is 0 Å². The molecule has 3 heterocycles. The van der Waals surface area contributed by atoms with Crippen LogP contribution in [-0.2, 0) is 14.0 Å². The Bertz CT molecular complexity index is 409. The first-order chi connectivity index (χ1) is 9.79. The van der Waals surface area contributed by atoms with Crippen molar-refractivity contribution in [3.05, 3.63) is 28.7 Å². The normalized spacial score (nSPS) is 26.8. The molecule has 1 aromatic carbocycles. The molecule has 2 bridgehead atoms. The molecule has 108 valence electrons. The van der Waals surface area contributed by atoms with E-state index in [1.807, 2.05) is 24.3 Å². The largest absolute Gasteiger partial charge is 0.639 e. The topological polar surface area (TPSA) is 40.2 Å². The molecule has 20 heavy (non-hydrogen) atoms. The third kappa shape index (κ3) is 3.96. The van der Waals surface area contributed by atoms with Crippen LogP contribution in [0, 0.1) is 0 Å². The summed E-state index contributed by atoms with van der Waals surface area (Å²) in [7, 11) is -0.559. The van der Waals surface area contributed by atoms with Gasteiger partial charge in [-0.15, -0.1) is 0 Å². The van der Waals surface area contributed by atoms with E-state index in [1.165, 1.54) is 0 Å². The molecular weight excluding hydrogens is 325 g/mol. The number of halogens is 1. The molecule has 0 spiro atoms. The molecule has 1 atom stereocenters. The van der Waals surface area contributed by atoms with E-state index in [2.05, 4.69) is 20.8 Å². The predicted molar refractivity (Wildman–Crippen MR) is 78.6 cm³/mol. The van der Waals surface area contributed by atoms with Gasteiger partial charge in [-0.2, -0.15) is 0 Å². The third-order valence-corrected chi connectivity index (χ3v) is 3.87. The minimum atomic E-state index is -0.559. The van der Waals surface area contributed by atoms with Gasteiger partial charge in [-0.25, -0.2) is 0 Å². The maximum absolute atomic E-state index is 5.79. The van der Waals surface area contributed by atoms with Crippen molar-refractivity contribution in [3.8, 4) is 5.75 Å². The van der Waals surface area contributed by atoms with Crippen molar-refractivity contribution in [2.45, 2.75) is 6.10 Å². The SMILES string of the molecule is Brc1ccc(OC[C@@H]2CN3CCOB(OCC3)O2)cc1. The highest BCUT2D eigenvalue weighted by Gasteiger charge is 2.32. The molecule has 3 aliphatic rings. The van der Waals surface area contributed by atoms with Crippen LogP contribution in [0.15, 0.2) is 28.7 Å². The van der Waals surface area contributed by atoms with Crippen LogP contribution in [0.2, 0.25) is 0 Å². The minimum Gasteiger partial charge on any atom is -0.491 e. The van der Waals surface area contributed by atoms with Crippen LogP contribution >= 0.6 is 15.9 Å². The summed E-state index contributed by atoms with van der Waals surface area (Å²) < 4.78 is 23.6. The van der Waals surface area contributed by atoms with Gasteiger partial charge in [-0.1, -0.05) is 15.9 Å². The van der Waals surface area contributed by atoms with Crippen molar-refractivity contribution < 1.29 is 18.7 Å². The average Bonchev–Trinajstić information content (AvgIpc) is 2.37. The van der Waals surface area contributed by atoms with Crippen molar-refractivity contribution in [1.82, 2.24) is 4.90 Å². The lowest BCUT2D eigenvalue weighted by molar-refractivity contribution is -0.0321. The monoisotopic (exact) mass is 341 g/mol. The zero-order valence-electron chi connectivity index (χ0n) is 11.2. The van der Waals surface area contributed by atoms with E-state index in [-0.39, 0.29) is 6.10 Å². The van der Waals surface area contributed by atoms with Gasteiger partial charge in [0.05, 0.1) is 6.10 Å².